The van der Waals surface area contributed by atoms with E-state index in [1.807, 2.05) is 0 Å². The van der Waals surface area contributed by atoms with Gasteiger partial charge in [0.05, 0.1) is 9.95 Å². The van der Waals surface area contributed by atoms with Gasteiger partial charge in [0, 0.05) is 23.9 Å². The normalized spacial score (nSPS) is 11.2. The van der Waals surface area contributed by atoms with E-state index in [1.165, 1.54) is 43.5 Å². The first-order chi connectivity index (χ1) is 13.3. The zero-order valence-electron chi connectivity index (χ0n) is 14.5. The molecule has 0 aliphatic carbocycles. The lowest BCUT2D eigenvalue weighted by atomic mass is 10.2. The summed E-state index contributed by atoms with van der Waals surface area (Å²) in [6.07, 6.45) is 0.205. The summed E-state index contributed by atoms with van der Waals surface area (Å²) in [6, 6.07) is 8.04. The maximum absolute atomic E-state index is 12.0. The van der Waals surface area contributed by atoms with Crippen LogP contribution in [0, 0.1) is 10.1 Å². The fourth-order valence-corrected chi connectivity index (χ4v) is 2.10. The summed E-state index contributed by atoms with van der Waals surface area (Å²) in [5.74, 6) is -1.93. The lowest BCUT2D eigenvalue weighted by Crippen LogP contribution is -2.36. The van der Waals surface area contributed by atoms with Gasteiger partial charge < -0.3 is 15.4 Å². The number of nitrogens with zero attached hydrogens (tertiary/aromatic N) is 2. The molecule has 11 heteroatoms. The number of carbonyl (C=O) groups excluding carboxylic acids is 3. The maximum atomic E-state index is 12.0. The molecule has 0 saturated heterocycles. The summed E-state index contributed by atoms with van der Waals surface area (Å²) in [7, 11) is 0. The van der Waals surface area contributed by atoms with Crippen LogP contribution in [-0.4, -0.2) is 40.3 Å². The number of rotatable bonds is 7. The second kappa shape index (κ2) is 9.42. The Labute approximate surface area is 164 Å². The Morgan fingerprint density at radius 3 is 2.68 bits per heavy atom. The van der Waals surface area contributed by atoms with Gasteiger partial charge in [-0.05, 0) is 25.1 Å². The standard InChI is InChI=1S/C17H15ClN4O6/c1-10(16(24)21-14-6-5-12(18)8-19-14)28-15(23)9-20-17(25)11-3-2-4-13(7-11)22(26)27/h2-8,10H,9H2,1H3,(H,20,25)(H,19,21,24)/t10-/m1/s1. The molecule has 1 atom stereocenters. The van der Waals surface area contributed by atoms with Crippen molar-refractivity contribution in [1.29, 1.82) is 0 Å². The summed E-state index contributed by atoms with van der Waals surface area (Å²) in [6.45, 7) is 0.837. The number of aromatic nitrogens is 1. The quantitative estimate of drug-likeness (QED) is 0.406. The van der Waals surface area contributed by atoms with Gasteiger partial charge in [0.2, 0.25) is 0 Å². The summed E-state index contributed by atoms with van der Waals surface area (Å²) < 4.78 is 4.93. The number of amides is 2. The third-order valence-electron chi connectivity index (χ3n) is 3.37. The Morgan fingerprint density at radius 1 is 1.29 bits per heavy atom. The molecule has 2 rings (SSSR count). The molecule has 0 bridgehead atoms. The molecular weight excluding hydrogens is 392 g/mol. The van der Waals surface area contributed by atoms with Gasteiger partial charge in [-0.25, -0.2) is 4.98 Å². The zero-order chi connectivity index (χ0) is 20.7. The molecule has 0 saturated carbocycles. The van der Waals surface area contributed by atoms with E-state index in [-0.39, 0.29) is 17.1 Å². The highest BCUT2D eigenvalue weighted by Crippen LogP contribution is 2.13. The Hall–Kier alpha value is -3.53. The first-order valence-corrected chi connectivity index (χ1v) is 8.28. The molecule has 0 spiro atoms. The van der Waals surface area contributed by atoms with Crippen molar-refractivity contribution in [3.05, 3.63) is 63.3 Å². The highest BCUT2D eigenvalue weighted by Gasteiger charge is 2.19. The van der Waals surface area contributed by atoms with E-state index in [1.54, 1.807) is 0 Å². The van der Waals surface area contributed by atoms with Crippen molar-refractivity contribution in [2.75, 3.05) is 11.9 Å². The highest BCUT2D eigenvalue weighted by atomic mass is 35.5. The minimum atomic E-state index is -1.14. The van der Waals surface area contributed by atoms with Gasteiger partial charge in [-0.2, -0.15) is 0 Å². The van der Waals surface area contributed by atoms with E-state index in [9.17, 15) is 24.5 Å². The average Bonchev–Trinajstić information content (AvgIpc) is 2.67. The van der Waals surface area contributed by atoms with E-state index in [2.05, 4.69) is 15.6 Å². The first-order valence-electron chi connectivity index (χ1n) is 7.91. The molecule has 0 aliphatic rings. The van der Waals surface area contributed by atoms with Crippen LogP contribution in [0.1, 0.15) is 17.3 Å². The highest BCUT2D eigenvalue weighted by molar-refractivity contribution is 6.30. The Bertz CT molecular complexity index is 903. The molecule has 2 aromatic rings. The average molecular weight is 407 g/mol. The summed E-state index contributed by atoms with van der Waals surface area (Å²) in [4.78, 5) is 49.7. The number of nitro groups is 1. The number of benzene rings is 1. The van der Waals surface area contributed by atoms with Gasteiger partial charge in [0.25, 0.3) is 17.5 Å². The Balaban J connectivity index is 1.83. The van der Waals surface area contributed by atoms with E-state index in [4.69, 9.17) is 16.3 Å². The van der Waals surface area contributed by atoms with Crippen molar-refractivity contribution in [3.8, 4) is 0 Å². The second-order valence-corrected chi connectivity index (χ2v) is 5.91. The van der Waals surface area contributed by atoms with Gasteiger partial charge in [0.1, 0.15) is 12.4 Å². The van der Waals surface area contributed by atoms with E-state index in [0.29, 0.717) is 5.02 Å². The zero-order valence-corrected chi connectivity index (χ0v) is 15.3. The van der Waals surface area contributed by atoms with Crippen LogP contribution in [0.3, 0.4) is 0 Å². The third kappa shape index (κ3) is 6.02. The van der Waals surface area contributed by atoms with Crippen molar-refractivity contribution >= 4 is 40.9 Å². The number of carbonyl (C=O) groups is 3. The summed E-state index contributed by atoms with van der Waals surface area (Å²) >= 11 is 5.70. The number of hydrogen-bond donors (Lipinski definition) is 2. The molecule has 0 fully saturated rings. The van der Waals surface area contributed by atoms with Crippen molar-refractivity contribution in [3.63, 3.8) is 0 Å². The van der Waals surface area contributed by atoms with Crippen molar-refractivity contribution < 1.29 is 24.0 Å². The second-order valence-electron chi connectivity index (χ2n) is 5.47. The topological polar surface area (TPSA) is 141 Å². The molecule has 1 aromatic heterocycles. The van der Waals surface area contributed by atoms with E-state index < -0.39 is 35.4 Å². The van der Waals surface area contributed by atoms with Gasteiger partial charge in [0.15, 0.2) is 6.10 Å². The lowest BCUT2D eigenvalue weighted by Gasteiger charge is -2.13. The molecule has 1 heterocycles. The van der Waals surface area contributed by atoms with E-state index >= 15 is 0 Å². The number of nitro benzene ring substituents is 1. The Kier molecular flexibility index (Phi) is 6.99. The minimum Gasteiger partial charge on any atom is -0.451 e. The van der Waals surface area contributed by atoms with Crippen LogP contribution in [-0.2, 0) is 14.3 Å². The predicted octanol–water partition coefficient (Wildman–Crippen LogP) is 1.94. The van der Waals surface area contributed by atoms with Gasteiger partial charge >= 0.3 is 5.97 Å². The van der Waals surface area contributed by atoms with E-state index in [0.717, 1.165) is 6.07 Å². The monoisotopic (exact) mass is 406 g/mol. The summed E-state index contributed by atoms with van der Waals surface area (Å²) in [5.41, 5.74) is -0.238. The molecule has 28 heavy (non-hydrogen) atoms. The van der Waals surface area contributed by atoms with Crippen LogP contribution in [0.4, 0.5) is 11.5 Å². The lowest BCUT2D eigenvalue weighted by molar-refractivity contribution is -0.384. The van der Waals surface area contributed by atoms with Crippen LogP contribution in [0.5, 0.6) is 0 Å². The number of hydrogen-bond acceptors (Lipinski definition) is 7. The van der Waals surface area contributed by atoms with Crippen molar-refractivity contribution in [1.82, 2.24) is 10.3 Å². The van der Waals surface area contributed by atoms with Crippen LogP contribution in [0.15, 0.2) is 42.6 Å². The number of halogens is 1. The largest absolute Gasteiger partial charge is 0.451 e. The maximum Gasteiger partial charge on any atom is 0.326 e. The fourth-order valence-electron chi connectivity index (χ4n) is 1.99. The molecule has 146 valence electrons. The number of esters is 1. The molecule has 2 amide bonds. The third-order valence-corrected chi connectivity index (χ3v) is 3.59. The van der Waals surface area contributed by atoms with Gasteiger partial charge in [-0.3, -0.25) is 24.5 Å². The number of non-ortho nitro benzene ring substituents is 1. The summed E-state index contributed by atoms with van der Waals surface area (Å²) in [5, 5.41) is 15.8. The first kappa shape index (κ1) is 20.8. The van der Waals surface area contributed by atoms with Crippen LogP contribution < -0.4 is 10.6 Å². The number of anilines is 1. The molecule has 0 unspecified atom stereocenters. The number of ether oxygens (including phenoxy) is 1. The van der Waals surface area contributed by atoms with Gasteiger partial charge in [-0.15, -0.1) is 0 Å². The molecule has 0 aliphatic heterocycles. The van der Waals surface area contributed by atoms with Crippen molar-refractivity contribution in [2.45, 2.75) is 13.0 Å². The molecule has 2 N–H and O–H groups in total. The molecule has 10 nitrogen and oxygen atoms in total. The van der Waals surface area contributed by atoms with Crippen LogP contribution in [0.2, 0.25) is 5.02 Å². The molecule has 0 radical (unpaired) electrons. The molecule has 1 aromatic carbocycles. The van der Waals surface area contributed by atoms with Gasteiger partial charge in [-0.1, -0.05) is 17.7 Å². The smallest absolute Gasteiger partial charge is 0.326 e. The van der Waals surface area contributed by atoms with Crippen LogP contribution >= 0.6 is 11.6 Å². The van der Waals surface area contributed by atoms with Crippen LogP contribution in [0.25, 0.3) is 0 Å². The Morgan fingerprint density at radius 2 is 2.04 bits per heavy atom. The number of pyridine rings is 1. The molecular formula is C17H15ClN4O6. The SMILES string of the molecule is C[C@@H](OC(=O)CNC(=O)c1cccc([N+](=O)[O-])c1)C(=O)Nc1ccc(Cl)cn1. The predicted molar refractivity (Wildman–Crippen MR) is 98.9 cm³/mol. The minimum absolute atomic E-state index is 0.0154. The van der Waals surface area contributed by atoms with Crippen molar-refractivity contribution in [2.24, 2.45) is 0 Å². The number of nitrogens with one attached hydrogen (secondary N) is 2. The fraction of sp³-hybridized carbons (Fsp3) is 0.176.